The van der Waals surface area contributed by atoms with Gasteiger partial charge in [0.25, 0.3) is 0 Å². The molecule has 1 fully saturated rings. The number of rotatable bonds is 4. The molecule has 5 rings (SSSR count). The van der Waals surface area contributed by atoms with E-state index in [-0.39, 0.29) is 11.1 Å². The summed E-state index contributed by atoms with van der Waals surface area (Å²) in [4.78, 5) is 15.5. The number of para-hydroxylation sites is 1. The van der Waals surface area contributed by atoms with Crippen molar-refractivity contribution in [1.29, 1.82) is 0 Å². The number of ether oxygens (including phenoxy) is 1. The molecular formula is C24H22ClFN4OS. The summed E-state index contributed by atoms with van der Waals surface area (Å²) in [6, 6.07) is 15.0. The highest BCUT2D eigenvalue weighted by molar-refractivity contribution is 7.19. The van der Waals surface area contributed by atoms with Crippen LogP contribution < -0.4 is 14.5 Å². The summed E-state index contributed by atoms with van der Waals surface area (Å²) in [5.74, 6) is 1.46. The van der Waals surface area contributed by atoms with Crippen LogP contribution in [0.2, 0.25) is 5.28 Å². The van der Waals surface area contributed by atoms with Gasteiger partial charge >= 0.3 is 0 Å². The topological polar surface area (TPSA) is 41.5 Å². The number of nitrogens with zero attached hydrogens (tertiary/aromatic N) is 4. The van der Waals surface area contributed by atoms with Gasteiger partial charge in [0.05, 0.1) is 18.2 Å². The second kappa shape index (κ2) is 8.56. The Kier molecular flexibility index (Phi) is 5.61. The predicted octanol–water partition coefficient (Wildman–Crippen LogP) is 5.79. The quantitative estimate of drug-likeness (QED) is 0.354. The first-order valence-electron chi connectivity index (χ1n) is 10.4. The average molecular weight is 469 g/mol. The van der Waals surface area contributed by atoms with Gasteiger partial charge in [-0.2, -0.15) is 4.98 Å². The standard InChI is InChI=1S/C24H22ClFN4OS/c1-15-20(16-7-9-17(31-2)10-8-16)21-22(27-24(25)28-23(21)32-15)30-13-11-29(12-14-30)19-6-4-3-5-18(19)26/h3-10H,11-14H2,1-2H3. The third-order valence-electron chi connectivity index (χ3n) is 5.83. The fraction of sp³-hybridized carbons (Fsp3) is 0.250. The molecule has 0 aliphatic carbocycles. The maximum absolute atomic E-state index is 14.3. The lowest BCUT2D eigenvalue weighted by molar-refractivity contribution is 0.415. The molecule has 32 heavy (non-hydrogen) atoms. The maximum Gasteiger partial charge on any atom is 0.225 e. The van der Waals surface area contributed by atoms with Gasteiger partial charge in [0, 0.05) is 36.6 Å². The van der Waals surface area contributed by atoms with Gasteiger partial charge in [0.2, 0.25) is 5.28 Å². The van der Waals surface area contributed by atoms with Crippen molar-refractivity contribution in [1.82, 2.24) is 9.97 Å². The van der Waals surface area contributed by atoms with E-state index in [0.717, 1.165) is 37.8 Å². The number of benzene rings is 2. The zero-order valence-corrected chi connectivity index (χ0v) is 19.4. The van der Waals surface area contributed by atoms with Gasteiger partial charge in [-0.1, -0.05) is 24.3 Å². The molecule has 164 valence electrons. The summed E-state index contributed by atoms with van der Waals surface area (Å²) in [6.45, 7) is 4.93. The van der Waals surface area contributed by atoms with Crippen molar-refractivity contribution in [3.8, 4) is 16.9 Å². The summed E-state index contributed by atoms with van der Waals surface area (Å²) in [5.41, 5.74) is 2.85. The number of hydrogen-bond donors (Lipinski definition) is 0. The molecule has 1 aliphatic heterocycles. The molecule has 5 nitrogen and oxygen atoms in total. The van der Waals surface area contributed by atoms with E-state index in [1.807, 2.05) is 24.3 Å². The SMILES string of the molecule is COc1ccc(-c2c(C)sc3nc(Cl)nc(N4CCN(c5ccccc5F)CC4)c23)cc1. The molecule has 0 radical (unpaired) electrons. The highest BCUT2D eigenvalue weighted by Gasteiger charge is 2.25. The van der Waals surface area contributed by atoms with E-state index in [2.05, 4.69) is 38.8 Å². The molecule has 2 aromatic carbocycles. The molecule has 0 amide bonds. The second-order valence-electron chi connectivity index (χ2n) is 7.68. The fourth-order valence-corrected chi connectivity index (χ4v) is 5.52. The monoisotopic (exact) mass is 468 g/mol. The van der Waals surface area contributed by atoms with Crippen LogP contribution in [0.5, 0.6) is 5.75 Å². The van der Waals surface area contributed by atoms with Gasteiger partial charge in [0.1, 0.15) is 22.2 Å². The van der Waals surface area contributed by atoms with E-state index >= 15 is 0 Å². The number of anilines is 2. The van der Waals surface area contributed by atoms with Crippen molar-refractivity contribution in [2.24, 2.45) is 0 Å². The minimum absolute atomic E-state index is 0.191. The van der Waals surface area contributed by atoms with Crippen LogP contribution >= 0.6 is 22.9 Å². The number of halogens is 2. The lowest BCUT2D eigenvalue weighted by Crippen LogP contribution is -2.47. The van der Waals surface area contributed by atoms with E-state index < -0.39 is 0 Å². The Morgan fingerprint density at radius 3 is 2.34 bits per heavy atom. The van der Waals surface area contributed by atoms with E-state index in [0.29, 0.717) is 31.9 Å². The molecule has 0 atom stereocenters. The highest BCUT2D eigenvalue weighted by atomic mass is 35.5. The van der Waals surface area contributed by atoms with Gasteiger partial charge in [-0.25, -0.2) is 9.37 Å². The zero-order chi connectivity index (χ0) is 22.2. The van der Waals surface area contributed by atoms with Gasteiger partial charge in [-0.05, 0) is 48.4 Å². The lowest BCUT2D eigenvalue weighted by atomic mass is 10.0. The van der Waals surface area contributed by atoms with Gasteiger partial charge in [0.15, 0.2) is 0 Å². The molecule has 0 spiro atoms. The van der Waals surface area contributed by atoms with Crippen LogP contribution in [0.3, 0.4) is 0 Å². The van der Waals surface area contributed by atoms with E-state index in [1.54, 1.807) is 24.5 Å². The first-order chi connectivity index (χ1) is 15.5. The van der Waals surface area contributed by atoms with Crippen LogP contribution in [0, 0.1) is 12.7 Å². The van der Waals surface area contributed by atoms with E-state index in [4.69, 9.17) is 16.3 Å². The smallest absolute Gasteiger partial charge is 0.225 e. The molecular weight excluding hydrogens is 447 g/mol. The van der Waals surface area contributed by atoms with Crippen molar-refractivity contribution in [3.05, 3.63) is 64.5 Å². The molecule has 2 aromatic heterocycles. The largest absolute Gasteiger partial charge is 0.497 e. The first-order valence-corrected chi connectivity index (χ1v) is 11.6. The molecule has 0 bridgehead atoms. The van der Waals surface area contributed by atoms with Crippen LogP contribution in [0.4, 0.5) is 15.9 Å². The van der Waals surface area contributed by atoms with Crippen LogP contribution in [-0.2, 0) is 0 Å². The maximum atomic E-state index is 14.3. The van der Waals surface area contributed by atoms with Gasteiger partial charge in [-0.15, -0.1) is 11.3 Å². The summed E-state index contributed by atoms with van der Waals surface area (Å²) >= 11 is 7.94. The molecule has 1 aliphatic rings. The Morgan fingerprint density at radius 2 is 1.66 bits per heavy atom. The van der Waals surface area contributed by atoms with Gasteiger partial charge in [-0.3, -0.25) is 0 Å². The molecule has 1 saturated heterocycles. The average Bonchev–Trinajstić information content (AvgIpc) is 3.14. The normalized spacial score (nSPS) is 14.2. The Hall–Kier alpha value is -2.90. The number of aryl methyl sites for hydroxylation is 1. The summed E-state index contributed by atoms with van der Waals surface area (Å²) < 4.78 is 19.6. The van der Waals surface area contributed by atoms with Crippen LogP contribution in [0.15, 0.2) is 48.5 Å². The van der Waals surface area contributed by atoms with E-state index in [1.165, 1.54) is 6.07 Å². The minimum Gasteiger partial charge on any atom is -0.497 e. The lowest BCUT2D eigenvalue weighted by Gasteiger charge is -2.37. The summed E-state index contributed by atoms with van der Waals surface area (Å²) in [6.07, 6.45) is 0. The van der Waals surface area contributed by atoms with Crippen LogP contribution in [-0.4, -0.2) is 43.3 Å². The highest BCUT2D eigenvalue weighted by Crippen LogP contribution is 2.42. The first kappa shape index (κ1) is 21.0. The Balaban J connectivity index is 1.52. The third kappa shape index (κ3) is 3.76. The molecule has 4 aromatic rings. The number of aromatic nitrogens is 2. The summed E-state index contributed by atoms with van der Waals surface area (Å²) in [7, 11) is 1.66. The van der Waals surface area contributed by atoms with Crippen molar-refractivity contribution in [2.75, 3.05) is 43.1 Å². The van der Waals surface area contributed by atoms with Crippen molar-refractivity contribution in [2.45, 2.75) is 6.92 Å². The molecule has 8 heteroatoms. The number of thiophene rings is 1. The Bertz CT molecular complexity index is 1270. The van der Waals surface area contributed by atoms with Crippen molar-refractivity contribution >= 4 is 44.7 Å². The van der Waals surface area contributed by atoms with Crippen molar-refractivity contribution in [3.63, 3.8) is 0 Å². The van der Waals surface area contributed by atoms with E-state index in [9.17, 15) is 4.39 Å². The Labute approximate surface area is 195 Å². The minimum atomic E-state index is -0.191. The zero-order valence-electron chi connectivity index (χ0n) is 17.8. The molecule has 0 saturated carbocycles. The molecule has 3 heterocycles. The van der Waals surface area contributed by atoms with Crippen LogP contribution in [0.1, 0.15) is 4.88 Å². The number of hydrogen-bond acceptors (Lipinski definition) is 6. The third-order valence-corrected chi connectivity index (χ3v) is 7.00. The Morgan fingerprint density at radius 1 is 0.969 bits per heavy atom. The second-order valence-corrected chi connectivity index (χ2v) is 9.22. The number of fused-ring (bicyclic) bond motifs is 1. The number of methoxy groups -OCH3 is 1. The fourth-order valence-electron chi connectivity index (χ4n) is 4.27. The van der Waals surface area contributed by atoms with Crippen LogP contribution in [0.25, 0.3) is 21.3 Å². The molecule has 0 N–H and O–H groups in total. The van der Waals surface area contributed by atoms with Crippen molar-refractivity contribution < 1.29 is 9.13 Å². The molecule has 0 unspecified atom stereocenters. The predicted molar refractivity (Wildman–Crippen MR) is 130 cm³/mol. The summed E-state index contributed by atoms with van der Waals surface area (Å²) in [5, 5.41) is 1.26. The number of piperazine rings is 1. The van der Waals surface area contributed by atoms with Gasteiger partial charge < -0.3 is 14.5 Å².